The number of nitrogens with one attached hydrogen (secondary N) is 3. The molecule has 1 aliphatic rings. The average Bonchev–Trinajstić information content (AvgIpc) is 2.73. The molecule has 7 nitrogen and oxygen atoms in total. The summed E-state index contributed by atoms with van der Waals surface area (Å²) >= 11 is 0. The lowest BCUT2D eigenvalue weighted by Crippen LogP contribution is -2.49. The second kappa shape index (κ2) is 13.0. The molecule has 0 radical (unpaired) electrons. The molecule has 0 atom stereocenters. The maximum Gasteiger partial charge on any atom is 0.227 e. The van der Waals surface area contributed by atoms with Gasteiger partial charge in [0.15, 0.2) is 17.5 Å². The normalized spacial score (nSPS) is 15.7. The van der Waals surface area contributed by atoms with Crippen LogP contribution in [0.25, 0.3) is 0 Å². The molecule has 2 rings (SSSR count). The SMILES string of the molecule is CCNC(=NCC(C)(C)C(=O)NC)NC1CCN(Cc2ccc(OC)c(F)c2)CC1.I. The van der Waals surface area contributed by atoms with Gasteiger partial charge in [-0.1, -0.05) is 6.07 Å². The maximum absolute atomic E-state index is 13.9. The summed E-state index contributed by atoms with van der Waals surface area (Å²) in [5, 5.41) is 9.46. The Morgan fingerprint density at radius 1 is 1.32 bits per heavy atom. The molecule has 1 amide bonds. The molecule has 0 aliphatic carbocycles. The van der Waals surface area contributed by atoms with Crippen molar-refractivity contribution in [2.75, 3.05) is 40.3 Å². The number of nitrogens with zero attached hydrogens (tertiary/aromatic N) is 2. The summed E-state index contributed by atoms with van der Waals surface area (Å²) in [6.45, 7) is 9.54. The molecule has 1 saturated heterocycles. The molecule has 1 fully saturated rings. The number of halogens is 2. The Morgan fingerprint density at radius 3 is 2.55 bits per heavy atom. The fourth-order valence-corrected chi connectivity index (χ4v) is 3.50. The number of aliphatic imine (C=N–C) groups is 1. The second-order valence-corrected chi connectivity index (χ2v) is 8.32. The number of carbonyl (C=O) groups is 1. The molecule has 1 heterocycles. The van der Waals surface area contributed by atoms with E-state index in [0.717, 1.165) is 50.5 Å². The predicted molar refractivity (Wildman–Crippen MR) is 134 cm³/mol. The highest BCUT2D eigenvalue weighted by Crippen LogP contribution is 2.20. The van der Waals surface area contributed by atoms with E-state index in [9.17, 15) is 9.18 Å². The van der Waals surface area contributed by atoms with E-state index in [2.05, 4.69) is 25.8 Å². The third kappa shape index (κ3) is 8.44. The van der Waals surface area contributed by atoms with Gasteiger partial charge in [-0.2, -0.15) is 0 Å². The number of amides is 1. The van der Waals surface area contributed by atoms with Crippen molar-refractivity contribution in [3.05, 3.63) is 29.6 Å². The van der Waals surface area contributed by atoms with Crippen LogP contribution in [0.5, 0.6) is 5.75 Å². The first-order valence-corrected chi connectivity index (χ1v) is 10.6. The molecule has 1 aromatic rings. The molecule has 0 bridgehead atoms. The van der Waals surface area contributed by atoms with E-state index in [1.165, 1.54) is 7.11 Å². The zero-order valence-electron chi connectivity index (χ0n) is 19.3. The Labute approximate surface area is 202 Å². The standard InChI is InChI=1S/C22H36FN5O2.HI/c1-6-25-21(26-15-22(2,3)20(29)24-4)27-17-9-11-28(12-10-17)14-16-7-8-19(30-5)18(23)13-16;/h7-8,13,17H,6,9-12,14-15H2,1-5H3,(H,24,29)(H2,25,26,27);1H. The quantitative estimate of drug-likeness (QED) is 0.264. The highest BCUT2D eigenvalue weighted by Gasteiger charge is 2.27. The van der Waals surface area contributed by atoms with Crippen LogP contribution < -0.4 is 20.7 Å². The van der Waals surface area contributed by atoms with Crippen molar-refractivity contribution >= 4 is 35.8 Å². The molecule has 0 saturated carbocycles. The van der Waals surface area contributed by atoms with Gasteiger partial charge in [0.2, 0.25) is 5.91 Å². The number of guanidine groups is 1. The summed E-state index contributed by atoms with van der Waals surface area (Å²) in [5.74, 6) is 0.671. The summed E-state index contributed by atoms with van der Waals surface area (Å²) in [4.78, 5) is 18.9. The summed E-state index contributed by atoms with van der Waals surface area (Å²) < 4.78 is 18.9. The van der Waals surface area contributed by atoms with Gasteiger partial charge in [0.25, 0.3) is 0 Å². The van der Waals surface area contributed by atoms with E-state index >= 15 is 0 Å². The zero-order valence-corrected chi connectivity index (χ0v) is 21.6. The fraction of sp³-hybridized carbons (Fsp3) is 0.636. The Hall–Kier alpha value is -1.62. The van der Waals surface area contributed by atoms with E-state index in [0.29, 0.717) is 12.6 Å². The monoisotopic (exact) mass is 549 g/mol. The Morgan fingerprint density at radius 2 is 2.00 bits per heavy atom. The van der Waals surface area contributed by atoms with Gasteiger partial charge in [-0.25, -0.2) is 4.39 Å². The van der Waals surface area contributed by atoms with Crippen LogP contribution in [0.3, 0.4) is 0 Å². The number of carbonyl (C=O) groups excluding carboxylic acids is 1. The van der Waals surface area contributed by atoms with Gasteiger partial charge in [0.1, 0.15) is 0 Å². The van der Waals surface area contributed by atoms with Crippen LogP contribution in [0.15, 0.2) is 23.2 Å². The lowest BCUT2D eigenvalue weighted by atomic mass is 9.93. The van der Waals surface area contributed by atoms with Crippen molar-refractivity contribution in [2.45, 2.75) is 46.2 Å². The number of ether oxygens (including phenoxy) is 1. The van der Waals surface area contributed by atoms with Crippen molar-refractivity contribution < 1.29 is 13.9 Å². The van der Waals surface area contributed by atoms with E-state index < -0.39 is 5.41 Å². The topological polar surface area (TPSA) is 78.0 Å². The largest absolute Gasteiger partial charge is 0.494 e. The number of rotatable bonds is 8. The van der Waals surface area contributed by atoms with Crippen LogP contribution in [-0.2, 0) is 11.3 Å². The van der Waals surface area contributed by atoms with Gasteiger partial charge in [-0.3, -0.25) is 14.7 Å². The second-order valence-electron chi connectivity index (χ2n) is 8.32. The molecule has 3 N–H and O–H groups in total. The van der Waals surface area contributed by atoms with Crippen molar-refractivity contribution in [3.8, 4) is 5.75 Å². The third-order valence-corrected chi connectivity index (χ3v) is 5.37. The maximum atomic E-state index is 13.9. The lowest BCUT2D eigenvalue weighted by Gasteiger charge is -2.33. The van der Waals surface area contributed by atoms with Crippen LogP contribution in [0, 0.1) is 11.2 Å². The minimum absolute atomic E-state index is 0. The van der Waals surface area contributed by atoms with Crippen LogP contribution >= 0.6 is 24.0 Å². The molecular formula is C22H37FIN5O2. The number of benzene rings is 1. The first-order valence-electron chi connectivity index (χ1n) is 10.6. The van der Waals surface area contributed by atoms with Gasteiger partial charge in [0.05, 0.1) is 19.1 Å². The first-order chi connectivity index (χ1) is 14.3. The summed E-state index contributed by atoms with van der Waals surface area (Å²) in [6.07, 6.45) is 1.95. The summed E-state index contributed by atoms with van der Waals surface area (Å²) in [7, 11) is 3.12. The smallest absolute Gasteiger partial charge is 0.227 e. The van der Waals surface area contributed by atoms with Crippen molar-refractivity contribution in [1.82, 2.24) is 20.9 Å². The van der Waals surface area contributed by atoms with E-state index in [1.54, 1.807) is 19.2 Å². The fourth-order valence-electron chi connectivity index (χ4n) is 3.50. The number of methoxy groups -OCH3 is 1. The lowest BCUT2D eigenvalue weighted by molar-refractivity contribution is -0.128. The van der Waals surface area contributed by atoms with Crippen LogP contribution in [0.4, 0.5) is 4.39 Å². The molecule has 0 spiro atoms. The van der Waals surface area contributed by atoms with Crippen molar-refractivity contribution in [2.24, 2.45) is 10.4 Å². The van der Waals surface area contributed by atoms with Crippen molar-refractivity contribution in [3.63, 3.8) is 0 Å². The van der Waals surface area contributed by atoms with Gasteiger partial charge in [-0.05, 0) is 51.3 Å². The Balaban J connectivity index is 0.00000480. The minimum atomic E-state index is -0.561. The number of hydrogen-bond acceptors (Lipinski definition) is 4. The summed E-state index contributed by atoms with van der Waals surface area (Å²) in [6, 6.07) is 5.46. The molecule has 31 heavy (non-hydrogen) atoms. The highest BCUT2D eigenvalue weighted by molar-refractivity contribution is 14.0. The van der Waals surface area contributed by atoms with E-state index in [1.807, 2.05) is 26.8 Å². The molecular weight excluding hydrogens is 512 g/mol. The average molecular weight is 549 g/mol. The van der Waals surface area contributed by atoms with Gasteiger partial charge >= 0.3 is 0 Å². The summed E-state index contributed by atoms with van der Waals surface area (Å²) in [5.41, 5.74) is 0.389. The van der Waals surface area contributed by atoms with Gasteiger partial charge < -0.3 is 20.7 Å². The molecule has 1 aromatic carbocycles. The number of likely N-dealkylation sites (tertiary alicyclic amines) is 1. The number of piperidine rings is 1. The van der Waals surface area contributed by atoms with E-state index in [4.69, 9.17) is 4.74 Å². The highest BCUT2D eigenvalue weighted by atomic mass is 127. The Kier molecular flexibility index (Phi) is 11.5. The zero-order chi connectivity index (χ0) is 22.1. The van der Waals surface area contributed by atoms with Crippen molar-refractivity contribution in [1.29, 1.82) is 0 Å². The van der Waals surface area contributed by atoms with Crippen LogP contribution in [0.2, 0.25) is 0 Å². The van der Waals surface area contributed by atoms with E-state index in [-0.39, 0.29) is 41.5 Å². The van der Waals surface area contributed by atoms with Gasteiger partial charge in [0, 0.05) is 39.3 Å². The minimum Gasteiger partial charge on any atom is -0.494 e. The molecule has 176 valence electrons. The number of hydrogen-bond donors (Lipinski definition) is 3. The molecule has 0 aromatic heterocycles. The molecule has 1 aliphatic heterocycles. The Bertz CT molecular complexity index is 737. The third-order valence-electron chi connectivity index (χ3n) is 5.37. The van der Waals surface area contributed by atoms with Gasteiger partial charge in [-0.15, -0.1) is 24.0 Å². The van der Waals surface area contributed by atoms with Crippen LogP contribution in [-0.4, -0.2) is 63.1 Å². The predicted octanol–water partition coefficient (Wildman–Crippen LogP) is 2.74. The first kappa shape index (κ1) is 27.4. The molecule has 0 unspecified atom stereocenters. The van der Waals surface area contributed by atoms with Crippen LogP contribution in [0.1, 0.15) is 39.2 Å². The molecule has 9 heteroatoms.